The molecule has 0 bridgehead atoms. The zero-order valence-corrected chi connectivity index (χ0v) is 28.3. The zero-order valence-electron chi connectivity index (χ0n) is 28.3. The van der Waals surface area contributed by atoms with E-state index in [0.29, 0.717) is 50.2 Å². The molecule has 3 fully saturated rings. The Morgan fingerprint density at radius 2 is 1.58 bits per heavy atom. The van der Waals surface area contributed by atoms with Gasteiger partial charge in [-0.05, 0) is 67.1 Å². The molecule has 1 N–H and O–H groups in total. The van der Waals surface area contributed by atoms with Crippen molar-refractivity contribution in [2.45, 2.75) is 50.6 Å². The fourth-order valence-corrected chi connectivity index (χ4v) is 7.94. The summed E-state index contributed by atoms with van der Waals surface area (Å²) in [5.74, 6) is 0.990. The molecule has 1 unspecified atom stereocenters. The molecule has 2 saturated heterocycles. The highest BCUT2D eigenvalue weighted by molar-refractivity contribution is 5.81. The quantitative estimate of drug-likeness (QED) is 0.227. The second kappa shape index (κ2) is 14.3. The van der Waals surface area contributed by atoms with Gasteiger partial charge in [0.05, 0.1) is 37.8 Å². The molecule has 4 aromatic rings. The number of aliphatic hydroxyl groups is 1. The van der Waals surface area contributed by atoms with Crippen LogP contribution in [0.4, 0.5) is 21.5 Å². The van der Waals surface area contributed by atoms with Gasteiger partial charge >= 0.3 is 0 Å². The molecular formula is C38H45FN8O3. The largest absolute Gasteiger partial charge is 0.493 e. The number of benzene rings is 3. The van der Waals surface area contributed by atoms with Gasteiger partial charge in [-0.3, -0.25) is 4.90 Å². The highest BCUT2D eigenvalue weighted by atomic mass is 19.1. The van der Waals surface area contributed by atoms with Gasteiger partial charge in [-0.25, -0.2) is 9.40 Å². The first-order chi connectivity index (χ1) is 24.5. The number of halogens is 1. The summed E-state index contributed by atoms with van der Waals surface area (Å²) in [6.45, 7) is 5.25. The monoisotopic (exact) mass is 680 g/mol. The SMILES string of the molecule is OC1N(CC2CCCC2)N=CN1c1ccc(N2CCN(c3ccc(OC[C@H]4CO[C@](Cn5nccn5)(c5ccccc5)C4)cc3F)CC2)cc1. The van der Waals surface area contributed by atoms with E-state index in [1.165, 1.54) is 31.7 Å². The molecule has 262 valence electrons. The van der Waals surface area contributed by atoms with Crippen molar-refractivity contribution in [3.63, 3.8) is 0 Å². The number of ether oxygens (including phenoxy) is 2. The van der Waals surface area contributed by atoms with Crippen molar-refractivity contribution in [3.05, 3.63) is 96.6 Å². The minimum atomic E-state index is -0.775. The van der Waals surface area contributed by atoms with Gasteiger partial charge in [0.15, 0.2) is 0 Å². The summed E-state index contributed by atoms with van der Waals surface area (Å²) >= 11 is 0. The average molecular weight is 681 g/mol. The second-order valence-electron chi connectivity index (χ2n) is 14.0. The average Bonchev–Trinajstić information content (AvgIpc) is 3.99. The minimum Gasteiger partial charge on any atom is -0.493 e. The number of anilines is 3. The molecule has 0 radical (unpaired) electrons. The van der Waals surface area contributed by atoms with E-state index in [4.69, 9.17) is 9.47 Å². The molecule has 11 nitrogen and oxygen atoms in total. The van der Waals surface area contributed by atoms with Crippen molar-refractivity contribution in [3.8, 4) is 5.75 Å². The molecule has 1 aliphatic carbocycles. The predicted octanol–water partition coefficient (Wildman–Crippen LogP) is 5.29. The third kappa shape index (κ3) is 6.86. The summed E-state index contributed by atoms with van der Waals surface area (Å²) in [5.41, 5.74) is 3.15. The highest BCUT2D eigenvalue weighted by Gasteiger charge is 2.43. The third-order valence-corrected chi connectivity index (χ3v) is 10.7. The Hall–Kier alpha value is -4.68. The molecule has 0 amide bonds. The lowest BCUT2D eigenvalue weighted by Crippen LogP contribution is -2.46. The van der Waals surface area contributed by atoms with Crippen molar-refractivity contribution in [1.82, 2.24) is 20.0 Å². The number of aliphatic hydroxyl groups excluding tert-OH is 1. The number of hydrogen-bond donors (Lipinski definition) is 1. The molecule has 3 atom stereocenters. The van der Waals surface area contributed by atoms with Crippen LogP contribution in [0.3, 0.4) is 0 Å². The normalized spacial score (nSPS) is 24.1. The lowest BCUT2D eigenvalue weighted by Gasteiger charge is -2.37. The van der Waals surface area contributed by atoms with Crippen LogP contribution < -0.4 is 19.4 Å². The van der Waals surface area contributed by atoms with E-state index in [2.05, 4.69) is 49.4 Å². The van der Waals surface area contributed by atoms with E-state index >= 15 is 4.39 Å². The van der Waals surface area contributed by atoms with Crippen LogP contribution in [0.1, 0.15) is 37.7 Å². The standard InChI is InChI=1S/C38H45FN8O3/c39-35-22-34(49-25-30-23-38(50-26-30,27-47-40-16-17-41-47)31-8-2-1-3-9-31)14-15-36(35)44-20-18-43(19-21-44)32-10-12-33(13-11-32)45-28-42-46(37(45)48)24-29-6-4-5-7-29/h1-3,8-17,22,28-30,37,48H,4-7,18-21,23-27H2/t30-,37?,38+/m0/s1. The molecular weight excluding hydrogens is 635 g/mol. The van der Waals surface area contributed by atoms with Gasteiger partial charge in [0.25, 0.3) is 0 Å². The van der Waals surface area contributed by atoms with E-state index < -0.39 is 12.0 Å². The summed E-state index contributed by atoms with van der Waals surface area (Å²) < 4.78 is 28.0. The minimum absolute atomic E-state index is 0.139. The lowest BCUT2D eigenvalue weighted by atomic mass is 9.87. The maximum atomic E-state index is 15.5. The van der Waals surface area contributed by atoms with E-state index in [9.17, 15) is 5.11 Å². The van der Waals surface area contributed by atoms with Crippen molar-refractivity contribution >= 4 is 23.4 Å². The number of hydrazone groups is 1. The fraction of sp³-hybridized carbons (Fsp3) is 0.447. The van der Waals surface area contributed by atoms with Crippen LogP contribution in [0.2, 0.25) is 0 Å². The molecule has 1 aromatic heterocycles. The summed E-state index contributed by atoms with van der Waals surface area (Å²) in [7, 11) is 0. The van der Waals surface area contributed by atoms with Crippen LogP contribution in [0.5, 0.6) is 5.75 Å². The number of hydrogen-bond acceptors (Lipinski definition) is 10. The van der Waals surface area contributed by atoms with Crippen molar-refractivity contribution in [2.75, 3.05) is 60.6 Å². The first-order valence-electron chi connectivity index (χ1n) is 17.9. The number of piperazine rings is 1. The van der Waals surface area contributed by atoms with Gasteiger partial charge in [0, 0.05) is 56.1 Å². The zero-order chi connectivity index (χ0) is 33.9. The number of rotatable bonds is 11. The molecule has 4 aliphatic rings. The van der Waals surface area contributed by atoms with E-state index in [0.717, 1.165) is 43.0 Å². The Kier molecular flexibility index (Phi) is 9.29. The van der Waals surface area contributed by atoms with E-state index in [1.54, 1.807) is 28.5 Å². The molecule has 8 rings (SSSR count). The van der Waals surface area contributed by atoms with Crippen LogP contribution >= 0.6 is 0 Å². The predicted molar refractivity (Wildman–Crippen MR) is 191 cm³/mol. The van der Waals surface area contributed by atoms with Crippen LogP contribution in [0.15, 0.2) is 90.3 Å². The molecule has 50 heavy (non-hydrogen) atoms. The van der Waals surface area contributed by atoms with Crippen LogP contribution in [-0.2, 0) is 16.9 Å². The Morgan fingerprint density at radius 1 is 0.860 bits per heavy atom. The van der Waals surface area contributed by atoms with Crippen LogP contribution in [0, 0.1) is 17.7 Å². The number of aromatic nitrogens is 3. The molecule has 0 spiro atoms. The lowest BCUT2D eigenvalue weighted by molar-refractivity contribution is -0.0209. The fourth-order valence-electron chi connectivity index (χ4n) is 7.94. The highest BCUT2D eigenvalue weighted by Crippen LogP contribution is 2.41. The second-order valence-corrected chi connectivity index (χ2v) is 14.0. The molecule has 1 saturated carbocycles. The van der Waals surface area contributed by atoms with Gasteiger partial charge in [0.2, 0.25) is 6.35 Å². The Balaban J connectivity index is 0.829. The number of nitrogens with zero attached hydrogens (tertiary/aromatic N) is 8. The Bertz CT molecular complexity index is 1730. The smallest absolute Gasteiger partial charge is 0.228 e. The molecule has 12 heteroatoms. The van der Waals surface area contributed by atoms with E-state index in [1.807, 2.05) is 47.4 Å². The van der Waals surface area contributed by atoms with Gasteiger partial charge in [0.1, 0.15) is 23.5 Å². The van der Waals surface area contributed by atoms with Crippen molar-refractivity contribution in [2.24, 2.45) is 16.9 Å². The van der Waals surface area contributed by atoms with Crippen molar-refractivity contribution < 1.29 is 19.0 Å². The summed E-state index contributed by atoms with van der Waals surface area (Å²) in [4.78, 5) is 7.90. The first kappa shape index (κ1) is 32.5. The van der Waals surface area contributed by atoms with Crippen LogP contribution in [-0.4, -0.2) is 83.7 Å². The summed E-state index contributed by atoms with van der Waals surface area (Å²) in [6, 6.07) is 23.6. The molecule has 3 aromatic carbocycles. The van der Waals surface area contributed by atoms with Gasteiger partial charge < -0.3 is 24.4 Å². The molecule has 3 aliphatic heterocycles. The Labute approximate surface area is 292 Å². The van der Waals surface area contributed by atoms with Crippen LogP contribution in [0.25, 0.3) is 0 Å². The van der Waals surface area contributed by atoms with Gasteiger partial charge in [-0.1, -0.05) is 43.2 Å². The summed E-state index contributed by atoms with van der Waals surface area (Å²) in [6.07, 6.45) is 10.0. The topological polar surface area (TPSA) is 94.7 Å². The van der Waals surface area contributed by atoms with E-state index in [-0.39, 0.29) is 11.7 Å². The Morgan fingerprint density at radius 3 is 2.32 bits per heavy atom. The third-order valence-electron chi connectivity index (χ3n) is 10.7. The first-order valence-corrected chi connectivity index (χ1v) is 17.9. The maximum absolute atomic E-state index is 15.5. The van der Waals surface area contributed by atoms with Gasteiger partial charge in [-0.2, -0.15) is 20.1 Å². The molecule has 4 heterocycles. The maximum Gasteiger partial charge on any atom is 0.228 e. The van der Waals surface area contributed by atoms with Gasteiger partial charge in [-0.15, -0.1) is 0 Å². The van der Waals surface area contributed by atoms with Crippen molar-refractivity contribution in [1.29, 1.82) is 0 Å². The summed E-state index contributed by atoms with van der Waals surface area (Å²) in [5, 5.41) is 25.8.